The summed E-state index contributed by atoms with van der Waals surface area (Å²) in [5, 5.41) is 7.23. The molecule has 0 fully saturated rings. The molecule has 1 aromatic carbocycles. The van der Waals surface area contributed by atoms with Crippen molar-refractivity contribution >= 4 is 27.4 Å². The number of nitrogens with zero attached hydrogens (tertiary/aromatic N) is 3. The Hall–Kier alpha value is -1.85. The van der Waals surface area contributed by atoms with Crippen molar-refractivity contribution in [1.29, 1.82) is 0 Å². The second-order valence-electron chi connectivity index (χ2n) is 5.79. The zero-order valence-electron chi connectivity index (χ0n) is 13.5. The van der Waals surface area contributed by atoms with Gasteiger partial charge >= 0.3 is 0 Å². The average molecular weight is 314 g/mol. The predicted octanol–water partition coefficient (Wildman–Crippen LogP) is 3.55. The van der Waals surface area contributed by atoms with Gasteiger partial charge in [-0.2, -0.15) is 0 Å². The van der Waals surface area contributed by atoms with E-state index in [0.717, 1.165) is 12.5 Å². The van der Waals surface area contributed by atoms with Gasteiger partial charge in [0.1, 0.15) is 0 Å². The lowest BCUT2D eigenvalue weighted by molar-refractivity contribution is 0.562. The van der Waals surface area contributed by atoms with Crippen LogP contribution < -0.4 is 10.2 Å². The van der Waals surface area contributed by atoms with E-state index in [1.807, 2.05) is 36.5 Å². The Morgan fingerprint density at radius 3 is 2.82 bits per heavy atom. The van der Waals surface area contributed by atoms with E-state index in [-0.39, 0.29) is 0 Å². The first-order valence-electron chi connectivity index (χ1n) is 7.45. The fourth-order valence-electron chi connectivity index (χ4n) is 2.71. The minimum absolute atomic E-state index is 0.314. The molecule has 22 heavy (non-hydrogen) atoms. The zero-order valence-corrected chi connectivity index (χ0v) is 14.3. The highest BCUT2D eigenvalue weighted by molar-refractivity contribution is 7.17. The number of benzene rings is 1. The van der Waals surface area contributed by atoms with Crippen LogP contribution in [0, 0.1) is 0 Å². The van der Waals surface area contributed by atoms with Crippen LogP contribution in [0.4, 0.5) is 5.95 Å². The lowest BCUT2D eigenvalue weighted by Gasteiger charge is -2.15. The number of rotatable bonds is 5. The topological polar surface area (TPSA) is 33.1 Å². The number of thiophene rings is 1. The smallest absolute Gasteiger partial charge is 0.204 e. The molecule has 3 aromatic rings. The van der Waals surface area contributed by atoms with Gasteiger partial charge in [0, 0.05) is 38.4 Å². The summed E-state index contributed by atoms with van der Waals surface area (Å²) in [6.07, 6.45) is 1.95. The van der Waals surface area contributed by atoms with Crippen LogP contribution in [0.5, 0.6) is 0 Å². The quantitative estimate of drug-likeness (QED) is 0.782. The molecule has 0 saturated carbocycles. The molecule has 116 valence electrons. The van der Waals surface area contributed by atoms with Gasteiger partial charge in [0.05, 0.1) is 11.9 Å². The van der Waals surface area contributed by atoms with Crippen molar-refractivity contribution in [2.24, 2.45) is 7.05 Å². The molecule has 2 heterocycles. The highest BCUT2D eigenvalue weighted by atomic mass is 32.1. The normalized spacial score (nSPS) is 12.7. The van der Waals surface area contributed by atoms with Crippen LogP contribution in [0.1, 0.15) is 24.2 Å². The Morgan fingerprint density at radius 1 is 1.32 bits per heavy atom. The number of aromatic nitrogens is 2. The first-order chi connectivity index (χ1) is 10.6. The first kappa shape index (κ1) is 15.1. The standard InChI is InChI=1S/C17H22N4S/c1-12(15-11-22-16-8-6-5-7-14(15)16)18-9-13-10-19-17(20(2)3)21(13)4/h5-8,10-12,18H,9H2,1-4H3. The van der Waals surface area contributed by atoms with Crippen LogP contribution in [0.25, 0.3) is 10.1 Å². The van der Waals surface area contributed by atoms with E-state index >= 15 is 0 Å². The molecule has 0 aliphatic heterocycles. The third-order valence-corrected chi connectivity index (χ3v) is 5.01. The molecule has 0 radical (unpaired) electrons. The van der Waals surface area contributed by atoms with Crippen LogP contribution in [-0.4, -0.2) is 23.6 Å². The van der Waals surface area contributed by atoms with E-state index < -0.39 is 0 Å². The van der Waals surface area contributed by atoms with Crippen molar-refractivity contribution in [1.82, 2.24) is 14.9 Å². The minimum Gasteiger partial charge on any atom is -0.348 e. The van der Waals surface area contributed by atoms with Crippen LogP contribution >= 0.6 is 11.3 Å². The third kappa shape index (κ3) is 2.74. The van der Waals surface area contributed by atoms with Gasteiger partial charge in [-0.05, 0) is 29.3 Å². The summed E-state index contributed by atoms with van der Waals surface area (Å²) >= 11 is 1.81. The highest BCUT2D eigenvalue weighted by Gasteiger charge is 2.13. The van der Waals surface area contributed by atoms with Crippen LogP contribution in [0.3, 0.4) is 0 Å². The maximum Gasteiger partial charge on any atom is 0.204 e. The Kier molecular flexibility index (Phi) is 4.18. The van der Waals surface area contributed by atoms with Gasteiger partial charge in [0.15, 0.2) is 0 Å². The number of nitrogens with one attached hydrogen (secondary N) is 1. The molecule has 0 spiro atoms. The summed E-state index contributed by atoms with van der Waals surface area (Å²) in [5.74, 6) is 0.977. The monoisotopic (exact) mass is 314 g/mol. The molecule has 3 rings (SSSR count). The second kappa shape index (κ2) is 6.10. The minimum atomic E-state index is 0.314. The van der Waals surface area contributed by atoms with Gasteiger partial charge in [0.25, 0.3) is 0 Å². The average Bonchev–Trinajstić information content (AvgIpc) is 3.08. The Balaban J connectivity index is 1.74. The van der Waals surface area contributed by atoms with Gasteiger partial charge in [0.2, 0.25) is 5.95 Å². The summed E-state index contributed by atoms with van der Waals surface area (Å²) in [6.45, 7) is 3.03. The molecule has 0 amide bonds. The molecule has 0 saturated heterocycles. The van der Waals surface area contributed by atoms with E-state index in [1.165, 1.54) is 21.3 Å². The van der Waals surface area contributed by atoms with Gasteiger partial charge in [-0.3, -0.25) is 0 Å². The van der Waals surface area contributed by atoms with Crippen LogP contribution in [0.2, 0.25) is 0 Å². The van der Waals surface area contributed by atoms with E-state index in [2.05, 4.69) is 58.5 Å². The first-order valence-corrected chi connectivity index (χ1v) is 8.33. The summed E-state index contributed by atoms with van der Waals surface area (Å²) in [7, 11) is 6.09. The van der Waals surface area contributed by atoms with E-state index in [4.69, 9.17) is 0 Å². The zero-order chi connectivity index (χ0) is 15.7. The number of hydrogen-bond donors (Lipinski definition) is 1. The van der Waals surface area contributed by atoms with E-state index in [1.54, 1.807) is 0 Å². The summed E-state index contributed by atoms with van der Waals surface area (Å²) in [6, 6.07) is 8.90. The molecule has 0 aliphatic carbocycles. The van der Waals surface area contributed by atoms with Crippen LogP contribution in [0.15, 0.2) is 35.8 Å². The lowest BCUT2D eigenvalue weighted by atomic mass is 10.1. The SMILES string of the molecule is CC(NCc1cnc(N(C)C)n1C)c1csc2ccccc12. The highest BCUT2D eigenvalue weighted by Crippen LogP contribution is 2.30. The van der Waals surface area contributed by atoms with Gasteiger partial charge < -0.3 is 14.8 Å². The van der Waals surface area contributed by atoms with Crippen molar-refractivity contribution in [2.45, 2.75) is 19.5 Å². The molecular weight excluding hydrogens is 292 g/mol. The summed E-state index contributed by atoms with van der Waals surface area (Å²) < 4.78 is 3.48. The predicted molar refractivity (Wildman–Crippen MR) is 94.6 cm³/mol. The molecular formula is C17H22N4S. The molecule has 0 bridgehead atoms. The number of hydrogen-bond acceptors (Lipinski definition) is 4. The maximum absolute atomic E-state index is 4.46. The van der Waals surface area contributed by atoms with Crippen molar-refractivity contribution < 1.29 is 0 Å². The third-order valence-electron chi connectivity index (χ3n) is 4.03. The molecule has 0 aliphatic rings. The Morgan fingerprint density at radius 2 is 2.09 bits per heavy atom. The summed E-state index contributed by atoms with van der Waals surface area (Å²) in [4.78, 5) is 6.48. The van der Waals surface area contributed by atoms with Gasteiger partial charge in [-0.25, -0.2) is 4.98 Å². The van der Waals surface area contributed by atoms with Crippen molar-refractivity contribution in [3.63, 3.8) is 0 Å². The van der Waals surface area contributed by atoms with Crippen molar-refractivity contribution in [3.8, 4) is 0 Å². The van der Waals surface area contributed by atoms with Crippen molar-refractivity contribution in [3.05, 3.63) is 47.1 Å². The molecule has 4 nitrogen and oxygen atoms in total. The maximum atomic E-state index is 4.46. The fraction of sp³-hybridized carbons (Fsp3) is 0.353. The largest absolute Gasteiger partial charge is 0.348 e. The van der Waals surface area contributed by atoms with Crippen LogP contribution in [-0.2, 0) is 13.6 Å². The number of anilines is 1. The van der Waals surface area contributed by atoms with E-state index in [9.17, 15) is 0 Å². The van der Waals surface area contributed by atoms with E-state index in [0.29, 0.717) is 6.04 Å². The van der Waals surface area contributed by atoms with Crippen molar-refractivity contribution in [2.75, 3.05) is 19.0 Å². The van der Waals surface area contributed by atoms with Gasteiger partial charge in [-0.15, -0.1) is 11.3 Å². The molecule has 1 atom stereocenters. The number of fused-ring (bicyclic) bond motifs is 1. The fourth-order valence-corrected chi connectivity index (χ4v) is 3.77. The Bertz CT molecular complexity index is 772. The number of imidazole rings is 1. The molecule has 1 N–H and O–H groups in total. The molecule has 2 aromatic heterocycles. The second-order valence-corrected chi connectivity index (χ2v) is 6.70. The van der Waals surface area contributed by atoms with Gasteiger partial charge in [-0.1, -0.05) is 18.2 Å². The lowest BCUT2D eigenvalue weighted by Crippen LogP contribution is -2.20. The summed E-state index contributed by atoms with van der Waals surface area (Å²) in [5.41, 5.74) is 2.56. The molecule has 1 unspecified atom stereocenters. The Labute approximate surface area is 135 Å². The molecule has 5 heteroatoms.